The summed E-state index contributed by atoms with van der Waals surface area (Å²) < 4.78 is 4.63. The second kappa shape index (κ2) is 7.16. The highest BCUT2D eigenvalue weighted by Gasteiger charge is 2.19. The summed E-state index contributed by atoms with van der Waals surface area (Å²) in [4.78, 5) is 34.7. The topological polar surface area (TPSA) is 78.5 Å². The molecule has 1 aromatic carbocycles. The van der Waals surface area contributed by atoms with Gasteiger partial charge in [-0.15, -0.1) is 0 Å². The van der Waals surface area contributed by atoms with Crippen LogP contribution >= 0.6 is 0 Å². The Kier molecular flexibility index (Phi) is 4.79. The minimum absolute atomic E-state index is 0.00258. The van der Waals surface area contributed by atoms with Crippen molar-refractivity contribution in [2.24, 2.45) is 0 Å². The number of nitrogens with zero attached hydrogens (tertiary/aromatic N) is 3. The molecule has 3 rings (SSSR count). The van der Waals surface area contributed by atoms with Crippen molar-refractivity contribution in [1.29, 1.82) is 0 Å². The summed E-state index contributed by atoms with van der Waals surface area (Å²) in [5.74, 6) is 0.0991. The zero-order chi connectivity index (χ0) is 16.9. The van der Waals surface area contributed by atoms with Crippen molar-refractivity contribution in [1.82, 2.24) is 9.97 Å². The van der Waals surface area contributed by atoms with E-state index >= 15 is 0 Å². The van der Waals surface area contributed by atoms with Gasteiger partial charge in [0.05, 0.1) is 19.2 Å². The lowest BCUT2D eigenvalue weighted by Crippen LogP contribution is -2.47. The third-order valence-corrected chi connectivity index (χ3v) is 4.04. The lowest BCUT2D eigenvalue weighted by atomic mass is 10.2. The number of nitrogens with one attached hydrogen (secondary N) is 1. The van der Waals surface area contributed by atoms with Crippen LogP contribution in [0.3, 0.4) is 0 Å². The van der Waals surface area contributed by atoms with Gasteiger partial charge in [-0.3, -0.25) is 14.6 Å². The molecule has 1 aromatic heterocycles. The number of para-hydroxylation sites is 1. The number of anilines is 2. The third-order valence-electron chi connectivity index (χ3n) is 4.04. The first-order valence-corrected chi connectivity index (χ1v) is 7.88. The molecule has 0 aliphatic carbocycles. The molecule has 7 nitrogen and oxygen atoms in total. The van der Waals surface area contributed by atoms with Gasteiger partial charge in [0.2, 0.25) is 5.95 Å². The van der Waals surface area contributed by atoms with E-state index in [-0.39, 0.29) is 12.0 Å². The number of esters is 1. The maximum Gasteiger partial charge on any atom is 0.311 e. The fourth-order valence-corrected chi connectivity index (χ4v) is 2.77. The lowest BCUT2D eigenvalue weighted by molar-refractivity contribution is -0.139. The van der Waals surface area contributed by atoms with Crippen LogP contribution in [-0.2, 0) is 16.0 Å². The average Bonchev–Trinajstić information content (AvgIpc) is 2.62. The molecule has 2 aromatic rings. The van der Waals surface area contributed by atoms with Crippen molar-refractivity contribution >= 4 is 17.6 Å². The maximum atomic E-state index is 11.8. The van der Waals surface area contributed by atoms with Crippen LogP contribution in [0.5, 0.6) is 0 Å². The molecule has 1 aliphatic rings. The highest BCUT2D eigenvalue weighted by molar-refractivity contribution is 5.71. The van der Waals surface area contributed by atoms with Gasteiger partial charge in [0.1, 0.15) is 0 Å². The van der Waals surface area contributed by atoms with Crippen LogP contribution in [0.4, 0.5) is 11.6 Å². The maximum absolute atomic E-state index is 11.8. The summed E-state index contributed by atoms with van der Waals surface area (Å²) in [6.45, 7) is 3.18. The molecule has 0 bridgehead atoms. The fraction of sp³-hybridized carbons (Fsp3) is 0.353. The molecule has 0 amide bonds. The van der Waals surface area contributed by atoms with Crippen LogP contribution in [0.1, 0.15) is 5.69 Å². The first kappa shape index (κ1) is 16.0. The number of hydrogen-bond acceptors (Lipinski definition) is 6. The number of aromatic nitrogens is 2. The van der Waals surface area contributed by atoms with Crippen molar-refractivity contribution < 1.29 is 9.53 Å². The number of rotatable bonds is 4. The number of carbonyl (C=O) groups excluding carboxylic acids is 1. The fourth-order valence-electron chi connectivity index (χ4n) is 2.77. The van der Waals surface area contributed by atoms with E-state index in [1.165, 1.54) is 18.9 Å². The van der Waals surface area contributed by atoms with Crippen molar-refractivity contribution in [2.45, 2.75) is 6.42 Å². The normalized spacial score (nSPS) is 14.5. The Morgan fingerprint density at radius 3 is 2.50 bits per heavy atom. The van der Waals surface area contributed by atoms with E-state index in [4.69, 9.17) is 0 Å². The van der Waals surface area contributed by atoms with Crippen LogP contribution in [0.25, 0.3) is 0 Å². The highest BCUT2D eigenvalue weighted by Crippen LogP contribution is 2.17. The summed E-state index contributed by atoms with van der Waals surface area (Å²) in [6, 6.07) is 11.6. The standard InChI is InChI=1S/C17H20N4O3/c1-24-16(23)12-13-11-15(22)19-17(18-13)21-9-7-20(8-10-21)14-5-3-2-4-6-14/h2-6,11H,7-10,12H2,1H3,(H,18,19,22). The molecule has 0 atom stereocenters. The molecular formula is C17H20N4O3. The van der Waals surface area contributed by atoms with Gasteiger partial charge in [-0.2, -0.15) is 0 Å². The van der Waals surface area contributed by atoms with E-state index in [1.807, 2.05) is 23.1 Å². The van der Waals surface area contributed by atoms with Crippen LogP contribution in [0.15, 0.2) is 41.2 Å². The van der Waals surface area contributed by atoms with Crippen LogP contribution in [-0.4, -0.2) is 49.2 Å². The summed E-state index contributed by atoms with van der Waals surface area (Å²) >= 11 is 0. The molecule has 2 heterocycles. The largest absolute Gasteiger partial charge is 0.469 e. The molecule has 126 valence electrons. The number of carbonyl (C=O) groups is 1. The summed E-state index contributed by atoms with van der Waals surface area (Å²) in [5.41, 5.74) is 1.36. The Bertz CT molecular complexity index is 752. The zero-order valence-electron chi connectivity index (χ0n) is 13.6. The highest BCUT2D eigenvalue weighted by atomic mass is 16.5. The quantitative estimate of drug-likeness (QED) is 0.837. The summed E-state index contributed by atoms with van der Waals surface area (Å²) in [5, 5.41) is 0. The molecular weight excluding hydrogens is 308 g/mol. The number of piperazine rings is 1. The van der Waals surface area contributed by atoms with Crippen molar-refractivity contribution in [2.75, 3.05) is 43.1 Å². The summed E-state index contributed by atoms with van der Waals surface area (Å²) in [6.07, 6.45) is -0.00258. The van der Waals surface area contributed by atoms with Crippen molar-refractivity contribution in [3.05, 3.63) is 52.4 Å². The third kappa shape index (κ3) is 3.73. The van der Waals surface area contributed by atoms with E-state index in [0.29, 0.717) is 11.6 Å². The Labute approximate surface area is 139 Å². The molecule has 0 unspecified atom stereocenters. The SMILES string of the molecule is COC(=O)Cc1cc(=O)[nH]c(N2CCN(c3ccccc3)CC2)n1. The molecule has 24 heavy (non-hydrogen) atoms. The molecule has 1 N–H and O–H groups in total. The second-order valence-corrected chi connectivity index (χ2v) is 5.62. The number of benzene rings is 1. The second-order valence-electron chi connectivity index (χ2n) is 5.62. The monoisotopic (exact) mass is 328 g/mol. The first-order chi connectivity index (χ1) is 11.7. The Morgan fingerprint density at radius 2 is 1.83 bits per heavy atom. The lowest BCUT2D eigenvalue weighted by Gasteiger charge is -2.36. The van der Waals surface area contributed by atoms with Gasteiger partial charge >= 0.3 is 5.97 Å². The minimum atomic E-state index is -0.409. The molecule has 0 spiro atoms. The van der Waals surface area contributed by atoms with E-state index in [1.54, 1.807) is 0 Å². The molecule has 0 saturated carbocycles. The van der Waals surface area contributed by atoms with Crippen molar-refractivity contribution in [3.8, 4) is 0 Å². The minimum Gasteiger partial charge on any atom is -0.469 e. The first-order valence-electron chi connectivity index (χ1n) is 7.88. The Balaban J connectivity index is 1.70. The number of ether oxygens (including phenoxy) is 1. The van der Waals surface area contributed by atoms with Crippen LogP contribution < -0.4 is 15.4 Å². The number of methoxy groups -OCH3 is 1. The number of hydrogen-bond donors (Lipinski definition) is 1. The van der Waals surface area contributed by atoms with Gasteiger partial charge in [0.15, 0.2) is 0 Å². The summed E-state index contributed by atoms with van der Waals surface area (Å²) in [7, 11) is 1.32. The predicted octanol–water partition coefficient (Wildman–Crippen LogP) is 0.812. The zero-order valence-corrected chi connectivity index (χ0v) is 13.6. The van der Waals surface area contributed by atoms with E-state index < -0.39 is 5.97 Å². The molecule has 7 heteroatoms. The van der Waals surface area contributed by atoms with E-state index in [0.717, 1.165) is 26.2 Å². The number of aromatic amines is 1. The van der Waals surface area contributed by atoms with Gasteiger partial charge in [-0.05, 0) is 12.1 Å². The van der Waals surface area contributed by atoms with Gasteiger partial charge in [-0.25, -0.2) is 4.98 Å². The molecule has 1 aliphatic heterocycles. The van der Waals surface area contributed by atoms with Gasteiger partial charge in [-0.1, -0.05) is 18.2 Å². The van der Waals surface area contributed by atoms with Gasteiger partial charge < -0.3 is 14.5 Å². The Hall–Kier alpha value is -2.83. The van der Waals surface area contributed by atoms with E-state index in [2.05, 4.69) is 31.7 Å². The number of H-pyrrole nitrogens is 1. The van der Waals surface area contributed by atoms with Crippen LogP contribution in [0.2, 0.25) is 0 Å². The Morgan fingerprint density at radius 1 is 1.17 bits per heavy atom. The molecule has 1 saturated heterocycles. The smallest absolute Gasteiger partial charge is 0.311 e. The predicted molar refractivity (Wildman–Crippen MR) is 91.4 cm³/mol. The average molecular weight is 328 g/mol. The van der Waals surface area contributed by atoms with Crippen molar-refractivity contribution in [3.63, 3.8) is 0 Å². The van der Waals surface area contributed by atoms with Crippen LogP contribution in [0, 0.1) is 0 Å². The van der Waals surface area contributed by atoms with Gasteiger partial charge in [0, 0.05) is 37.9 Å². The van der Waals surface area contributed by atoms with Gasteiger partial charge in [0.25, 0.3) is 5.56 Å². The van der Waals surface area contributed by atoms with E-state index in [9.17, 15) is 9.59 Å². The molecule has 1 fully saturated rings. The molecule has 0 radical (unpaired) electrons.